The molecule has 0 bridgehead atoms. The van der Waals surface area contributed by atoms with Crippen LogP contribution in [0.25, 0.3) is 0 Å². The van der Waals surface area contributed by atoms with Crippen LogP contribution in [-0.2, 0) is 11.3 Å². The fourth-order valence-corrected chi connectivity index (χ4v) is 1.84. The summed E-state index contributed by atoms with van der Waals surface area (Å²) in [5, 5.41) is 9.11. The summed E-state index contributed by atoms with van der Waals surface area (Å²) in [5.74, 6) is -0.581. The summed E-state index contributed by atoms with van der Waals surface area (Å²) >= 11 is 5.92. The number of nitriles is 1. The molecule has 1 heterocycles. The summed E-state index contributed by atoms with van der Waals surface area (Å²) in [7, 11) is 0. The van der Waals surface area contributed by atoms with Gasteiger partial charge in [0.2, 0.25) is 0 Å². The number of benzene rings is 1. The zero-order chi connectivity index (χ0) is 14.5. The van der Waals surface area contributed by atoms with E-state index in [0.29, 0.717) is 11.3 Å². The molecule has 5 nitrogen and oxygen atoms in total. The molecule has 0 unspecified atom stereocenters. The summed E-state index contributed by atoms with van der Waals surface area (Å²) in [6, 6.07) is 9.80. The van der Waals surface area contributed by atoms with Gasteiger partial charge in [0.15, 0.2) is 0 Å². The third kappa shape index (κ3) is 3.05. The Bertz CT molecular complexity index is 695. The highest BCUT2D eigenvalue weighted by atomic mass is 35.5. The minimum atomic E-state index is -0.581. The van der Waals surface area contributed by atoms with Crippen molar-refractivity contribution in [2.24, 2.45) is 0 Å². The second kappa shape index (κ2) is 6.04. The Balaban J connectivity index is 2.11. The molecule has 1 aromatic carbocycles. The standard InChI is InChI=1S/C14H10ClN3O2/c15-12-6-10(17)3-4-11(12)14(19)20-8-9-2-1-5-18-13(9)7-16/h1-6H,8,17H2. The van der Waals surface area contributed by atoms with Gasteiger partial charge in [-0.1, -0.05) is 17.7 Å². The SMILES string of the molecule is N#Cc1ncccc1COC(=O)c1ccc(N)cc1Cl. The topological polar surface area (TPSA) is 89.0 Å². The van der Waals surface area contributed by atoms with E-state index < -0.39 is 5.97 Å². The summed E-state index contributed by atoms with van der Waals surface area (Å²) in [6.07, 6.45) is 1.50. The summed E-state index contributed by atoms with van der Waals surface area (Å²) in [4.78, 5) is 15.8. The van der Waals surface area contributed by atoms with Gasteiger partial charge in [0.05, 0.1) is 10.6 Å². The summed E-state index contributed by atoms with van der Waals surface area (Å²) < 4.78 is 5.12. The van der Waals surface area contributed by atoms with Crippen molar-refractivity contribution in [3.8, 4) is 6.07 Å². The zero-order valence-corrected chi connectivity index (χ0v) is 11.1. The number of nitrogen functional groups attached to an aromatic ring is 1. The maximum absolute atomic E-state index is 11.9. The van der Waals surface area contributed by atoms with Crippen molar-refractivity contribution in [2.45, 2.75) is 6.61 Å². The number of halogens is 1. The van der Waals surface area contributed by atoms with E-state index in [1.807, 2.05) is 6.07 Å². The monoisotopic (exact) mass is 287 g/mol. The molecule has 0 spiro atoms. The van der Waals surface area contributed by atoms with Crippen LogP contribution in [0.2, 0.25) is 5.02 Å². The lowest BCUT2D eigenvalue weighted by Crippen LogP contribution is -2.07. The van der Waals surface area contributed by atoms with E-state index in [1.54, 1.807) is 18.2 Å². The van der Waals surface area contributed by atoms with Crippen molar-refractivity contribution in [1.29, 1.82) is 5.26 Å². The van der Waals surface area contributed by atoms with Gasteiger partial charge in [-0.25, -0.2) is 9.78 Å². The van der Waals surface area contributed by atoms with Crippen LogP contribution in [0.15, 0.2) is 36.5 Å². The third-order valence-corrected chi connectivity index (χ3v) is 2.88. The van der Waals surface area contributed by atoms with Crippen molar-refractivity contribution in [3.63, 3.8) is 0 Å². The van der Waals surface area contributed by atoms with E-state index >= 15 is 0 Å². The molecule has 0 radical (unpaired) electrons. The number of carbonyl (C=O) groups is 1. The first-order valence-corrected chi connectivity index (χ1v) is 6.05. The molecule has 0 fully saturated rings. The predicted octanol–water partition coefficient (Wildman–Crippen LogP) is 2.55. The number of nitrogens with two attached hydrogens (primary N) is 1. The number of rotatable bonds is 3. The van der Waals surface area contributed by atoms with Crippen molar-refractivity contribution < 1.29 is 9.53 Å². The first-order chi connectivity index (χ1) is 9.61. The molecular weight excluding hydrogens is 278 g/mol. The van der Waals surface area contributed by atoms with E-state index in [2.05, 4.69) is 4.98 Å². The maximum atomic E-state index is 11.9. The molecule has 0 aliphatic carbocycles. The normalized spacial score (nSPS) is 9.80. The number of pyridine rings is 1. The lowest BCUT2D eigenvalue weighted by atomic mass is 10.2. The maximum Gasteiger partial charge on any atom is 0.339 e. The quantitative estimate of drug-likeness (QED) is 0.692. The van der Waals surface area contributed by atoms with Crippen molar-refractivity contribution in [1.82, 2.24) is 4.98 Å². The van der Waals surface area contributed by atoms with Gasteiger partial charge >= 0.3 is 5.97 Å². The molecule has 100 valence electrons. The van der Waals surface area contributed by atoms with Gasteiger partial charge in [0, 0.05) is 17.4 Å². The number of nitrogens with zero attached hydrogens (tertiary/aromatic N) is 2. The second-order valence-electron chi connectivity index (χ2n) is 3.94. The van der Waals surface area contributed by atoms with Crippen LogP contribution in [-0.4, -0.2) is 11.0 Å². The Labute approximate surface area is 120 Å². The highest BCUT2D eigenvalue weighted by molar-refractivity contribution is 6.33. The van der Waals surface area contributed by atoms with Gasteiger partial charge in [-0.05, 0) is 24.3 Å². The second-order valence-corrected chi connectivity index (χ2v) is 4.35. The highest BCUT2D eigenvalue weighted by Crippen LogP contribution is 2.20. The lowest BCUT2D eigenvalue weighted by Gasteiger charge is -2.07. The van der Waals surface area contributed by atoms with E-state index in [-0.39, 0.29) is 22.9 Å². The lowest BCUT2D eigenvalue weighted by molar-refractivity contribution is 0.0472. The average Bonchev–Trinajstić information content (AvgIpc) is 2.45. The van der Waals surface area contributed by atoms with Crippen molar-refractivity contribution >= 4 is 23.3 Å². The Morgan fingerprint density at radius 2 is 2.25 bits per heavy atom. The number of hydrogen-bond donors (Lipinski definition) is 1. The molecule has 1 aromatic heterocycles. The van der Waals surface area contributed by atoms with E-state index in [9.17, 15) is 4.79 Å². The van der Waals surface area contributed by atoms with Crippen LogP contribution in [0.4, 0.5) is 5.69 Å². The Hall–Kier alpha value is -2.58. The van der Waals surface area contributed by atoms with Crippen LogP contribution in [0, 0.1) is 11.3 Å². The van der Waals surface area contributed by atoms with Crippen molar-refractivity contribution in [2.75, 3.05) is 5.73 Å². The number of hydrogen-bond acceptors (Lipinski definition) is 5. The molecule has 6 heteroatoms. The highest BCUT2D eigenvalue weighted by Gasteiger charge is 2.13. The van der Waals surface area contributed by atoms with E-state index in [4.69, 9.17) is 27.3 Å². The van der Waals surface area contributed by atoms with E-state index in [0.717, 1.165) is 0 Å². The van der Waals surface area contributed by atoms with Gasteiger partial charge in [-0.15, -0.1) is 0 Å². The first-order valence-electron chi connectivity index (χ1n) is 5.68. The largest absolute Gasteiger partial charge is 0.457 e. The fourth-order valence-electron chi connectivity index (χ4n) is 1.57. The molecule has 0 saturated carbocycles. The van der Waals surface area contributed by atoms with Gasteiger partial charge in [-0.2, -0.15) is 5.26 Å². The average molecular weight is 288 g/mol. The van der Waals surface area contributed by atoms with Crippen LogP contribution in [0.3, 0.4) is 0 Å². The Kier molecular flexibility index (Phi) is 4.18. The molecule has 2 rings (SSSR count). The Morgan fingerprint density at radius 1 is 1.45 bits per heavy atom. The molecule has 2 aromatic rings. The van der Waals surface area contributed by atoms with Gasteiger partial charge in [-0.3, -0.25) is 0 Å². The molecule has 0 aliphatic rings. The summed E-state index contributed by atoms with van der Waals surface area (Å²) in [6.45, 7) is -0.0454. The molecule has 20 heavy (non-hydrogen) atoms. The van der Waals surface area contributed by atoms with Gasteiger partial charge in [0.25, 0.3) is 0 Å². The van der Waals surface area contributed by atoms with Crippen LogP contribution in [0.1, 0.15) is 21.6 Å². The van der Waals surface area contributed by atoms with Gasteiger partial charge < -0.3 is 10.5 Å². The van der Waals surface area contributed by atoms with Gasteiger partial charge in [0.1, 0.15) is 18.4 Å². The number of carbonyl (C=O) groups excluding carboxylic acids is 1. The summed E-state index contributed by atoms with van der Waals surface area (Å²) in [5.41, 5.74) is 7.00. The molecular formula is C14H10ClN3O2. The molecule has 0 atom stereocenters. The van der Waals surface area contributed by atoms with Crippen LogP contribution >= 0.6 is 11.6 Å². The number of ether oxygens (including phenoxy) is 1. The number of anilines is 1. The predicted molar refractivity (Wildman–Crippen MR) is 73.9 cm³/mol. The molecule has 0 amide bonds. The Morgan fingerprint density at radius 3 is 2.95 bits per heavy atom. The molecule has 0 saturated heterocycles. The first kappa shape index (κ1) is 13.8. The zero-order valence-electron chi connectivity index (χ0n) is 10.3. The minimum absolute atomic E-state index is 0.0454. The third-order valence-electron chi connectivity index (χ3n) is 2.57. The minimum Gasteiger partial charge on any atom is -0.457 e. The smallest absolute Gasteiger partial charge is 0.339 e. The number of esters is 1. The number of aromatic nitrogens is 1. The molecule has 2 N–H and O–H groups in total. The molecule has 0 aliphatic heterocycles. The van der Waals surface area contributed by atoms with Crippen LogP contribution < -0.4 is 5.73 Å². The van der Waals surface area contributed by atoms with E-state index in [1.165, 1.54) is 18.3 Å². The van der Waals surface area contributed by atoms with Crippen LogP contribution in [0.5, 0.6) is 0 Å². The fraction of sp³-hybridized carbons (Fsp3) is 0.0714. The van der Waals surface area contributed by atoms with Crippen molar-refractivity contribution in [3.05, 3.63) is 58.4 Å².